The van der Waals surface area contributed by atoms with Crippen molar-refractivity contribution in [3.05, 3.63) is 16.6 Å². The Hall–Kier alpha value is -1.28. The molecule has 1 heterocycles. The molecule has 0 radical (unpaired) electrons. The molecule has 0 unspecified atom stereocenters. The van der Waals surface area contributed by atoms with E-state index >= 15 is 0 Å². The number of carbonyl (C=O) groups is 2. The van der Waals surface area contributed by atoms with Gasteiger partial charge in [0, 0.05) is 6.26 Å². The molecular formula is C6H5NO5S2. The Morgan fingerprint density at radius 1 is 1.50 bits per heavy atom. The van der Waals surface area contributed by atoms with Crippen LogP contribution in [0.15, 0.2) is 6.07 Å². The Balaban J connectivity index is 3.11. The number of nitrogens with zero attached hydrogens (tertiary/aromatic N) is 1. The molecule has 0 spiro atoms. The van der Waals surface area contributed by atoms with Crippen LogP contribution in [-0.4, -0.2) is 35.2 Å². The number of sulfone groups is 1. The molecule has 0 aliphatic carbocycles. The highest BCUT2D eigenvalue weighted by molar-refractivity contribution is 8.06. The average Bonchev–Trinajstić information content (AvgIpc) is 2.48. The zero-order chi connectivity index (χ0) is 10.9. The molecule has 0 saturated carbocycles. The molecule has 1 rings (SSSR count). The van der Waals surface area contributed by atoms with Gasteiger partial charge >= 0.3 is 5.97 Å². The molecule has 1 aromatic heterocycles. The summed E-state index contributed by atoms with van der Waals surface area (Å²) in [5, 5.41) is 7.36. The smallest absolute Gasteiger partial charge is 0.355 e. The third-order valence-electron chi connectivity index (χ3n) is 1.27. The molecular weight excluding hydrogens is 230 g/mol. The fraction of sp³-hybridized carbons (Fsp3) is 0.167. The minimum atomic E-state index is -3.83. The topological polar surface area (TPSA) is 101 Å². The molecule has 14 heavy (non-hydrogen) atoms. The van der Waals surface area contributed by atoms with Crippen LogP contribution >= 0.6 is 11.5 Å². The van der Waals surface area contributed by atoms with Crippen molar-refractivity contribution >= 4 is 32.5 Å². The molecule has 1 N–H and O–H groups in total. The monoisotopic (exact) mass is 235 g/mol. The van der Waals surface area contributed by atoms with Crippen LogP contribution in [0.1, 0.15) is 20.2 Å². The van der Waals surface area contributed by atoms with Gasteiger partial charge in [0.05, 0.1) is 0 Å². The van der Waals surface area contributed by atoms with E-state index in [0.717, 1.165) is 12.3 Å². The van der Waals surface area contributed by atoms with Crippen LogP contribution in [0.3, 0.4) is 0 Å². The predicted octanol–water partition coefficient (Wildman–Crippen LogP) is 0.0261. The highest BCUT2D eigenvalue weighted by Crippen LogP contribution is 2.13. The summed E-state index contributed by atoms with van der Waals surface area (Å²) in [4.78, 5) is 21.3. The van der Waals surface area contributed by atoms with Gasteiger partial charge in [0.25, 0.3) is 5.12 Å². The van der Waals surface area contributed by atoms with Crippen molar-refractivity contribution in [3.63, 3.8) is 0 Å². The van der Waals surface area contributed by atoms with Gasteiger partial charge in [-0.05, 0) is 17.6 Å². The van der Waals surface area contributed by atoms with E-state index in [4.69, 9.17) is 5.11 Å². The average molecular weight is 235 g/mol. The van der Waals surface area contributed by atoms with Crippen LogP contribution in [0.5, 0.6) is 0 Å². The summed E-state index contributed by atoms with van der Waals surface area (Å²) in [5.41, 5.74) is -0.331. The number of aromatic carboxylic acids is 1. The van der Waals surface area contributed by atoms with Crippen LogP contribution in [0, 0.1) is 0 Å². The van der Waals surface area contributed by atoms with Crippen molar-refractivity contribution in [2.24, 2.45) is 0 Å². The highest BCUT2D eigenvalue weighted by Gasteiger charge is 2.22. The van der Waals surface area contributed by atoms with Gasteiger partial charge < -0.3 is 5.11 Å². The first-order chi connectivity index (χ1) is 6.32. The van der Waals surface area contributed by atoms with E-state index in [1.807, 2.05) is 0 Å². The van der Waals surface area contributed by atoms with Gasteiger partial charge in [-0.25, -0.2) is 13.2 Å². The quantitative estimate of drug-likeness (QED) is 0.775. The summed E-state index contributed by atoms with van der Waals surface area (Å²) < 4.78 is 25.0. The summed E-state index contributed by atoms with van der Waals surface area (Å²) in [6, 6.07) is 0.941. The van der Waals surface area contributed by atoms with Gasteiger partial charge in [-0.1, -0.05) is 0 Å². The highest BCUT2D eigenvalue weighted by atomic mass is 32.2. The van der Waals surface area contributed by atoms with Crippen molar-refractivity contribution in [2.45, 2.75) is 0 Å². The number of aromatic nitrogens is 1. The van der Waals surface area contributed by atoms with E-state index in [1.54, 1.807) is 0 Å². The Bertz CT molecular complexity index is 486. The second kappa shape index (κ2) is 3.46. The van der Waals surface area contributed by atoms with Crippen LogP contribution in [0.25, 0.3) is 0 Å². The summed E-state index contributed by atoms with van der Waals surface area (Å²) >= 11 is 0.553. The third kappa shape index (κ3) is 2.15. The number of hydrogen-bond acceptors (Lipinski definition) is 6. The normalized spacial score (nSPS) is 11.2. The summed E-state index contributed by atoms with van der Waals surface area (Å²) in [6.07, 6.45) is 0.759. The zero-order valence-electron chi connectivity index (χ0n) is 6.92. The van der Waals surface area contributed by atoms with Crippen molar-refractivity contribution in [1.29, 1.82) is 0 Å². The van der Waals surface area contributed by atoms with E-state index in [1.165, 1.54) is 0 Å². The number of rotatable bonds is 2. The molecule has 1 aromatic rings. The standard InChI is InChI=1S/C6H5NO5S2/c1-14(11,12)6(10)4-2-3(5(8)9)7-13-4/h2H,1H3,(H,8,9). The van der Waals surface area contributed by atoms with Crippen LogP contribution < -0.4 is 0 Å². The Morgan fingerprint density at radius 3 is 2.43 bits per heavy atom. The van der Waals surface area contributed by atoms with Gasteiger partial charge in [0.2, 0.25) is 9.84 Å². The van der Waals surface area contributed by atoms with Crippen molar-refractivity contribution in [2.75, 3.05) is 6.26 Å². The Morgan fingerprint density at radius 2 is 2.07 bits per heavy atom. The number of hydrogen-bond donors (Lipinski definition) is 1. The second-order valence-corrected chi connectivity index (χ2v) is 5.16. The Kier molecular flexibility index (Phi) is 2.67. The molecule has 0 fully saturated rings. The first-order valence-corrected chi connectivity index (χ1v) is 5.93. The first kappa shape index (κ1) is 10.8. The molecule has 8 heteroatoms. The maximum Gasteiger partial charge on any atom is 0.355 e. The van der Waals surface area contributed by atoms with Crippen molar-refractivity contribution < 1.29 is 23.1 Å². The molecule has 0 aliphatic heterocycles. The van der Waals surface area contributed by atoms with Gasteiger partial charge in [-0.3, -0.25) is 4.79 Å². The van der Waals surface area contributed by atoms with E-state index in [0.29, 0.717) is 11.5 Å². The van der Waals surface area contributed by atoms with E-state index < -0.39 is 20.9 Å². The van der Waals surface area contributed by atoms with Crippen molar-refractivity contribution in [1.82, 2.24) is 4.37 Å². The van der Waals surface area contributed by atoms with Crippen LogP contribution in [0.2, 0.25) is 0 Å². The zero-order valence-corrected chi connectivity index (χ0v) is 8.55. The third-order valence-corrected chi connectivity index (χ3v) is 3.08. The fourth-order valence-electron chi connectivity index (χ4n) is 0.655. The van der Waals surface area contributed by atoms with Gasteiger partial charge in [-0.15, -0.1) is 0 Å². The van der Waals surface area contributed by atoms with Crippen LogP contribution in [0.4, 0.5) is 0 Å². The minimum Gasteiger partial charge on any atom is -0.476 e. The number of carboxylic acids is 1. The molecule has 0 saturated heterocycles. The summed E-state index contributed by atoms with van der Waals surface area (Å²) in [7, 11) is -3.83. The van der Waals surface area contributed by atoms with E-state index in [9.17, 15) is 18.0 Å². The fourth-order valence-corrected chi connectivity index (χ4v) is 2.21. The second-order valence-electron chi connectivity index (χ2n) is 2.44. The lowest BCUT2D eigenvalue weighted by molar-refractivity contribution is 0.0692. The molecule has 76 valence electrons. The molecule has 0 aliphatic rings. The largest absolute Gasteiger partial charge is 0.476 e. The van der Waals surface area contributed by atoms with Crippen molar-refractivity contribution in [3.8, 4) is 0 Å². The van der Waals surface area contributed by atoms with E-state index in [-0.39, 0.29) is 10.6 Å². The lowest BCUT2D eigenvalue weighted by Gasteiger charge is -1.89. The molecule has 0 aromatic carbocycles. The van der Waals surface area contributed by atoms with Crippen LogP contribution in [-0.2, 0) is 9.84 Å². The number of carboxylic acid groups (broad SMARTS) is 1. The SMILES string of the molecule is CS(=O)(=O)C(=O)c1cc(C(=O)O)ns1. The van der Waals surface area contributed by atoms with Gasteiger partial charge in [-0.2, -0.15) is 4.37 Å². The Labute approximate surface area is 83.3 Å². The predicted molar refractivity (Wildman–Crippen MR) is 48.2 cm³/mol. The molecule has 0 atom stereocenters. The molecule has 6 nitrogen and oxygen atoms in total. The van der Waals surface area contributed by atoms with E-state index in [2.05, 4.69) is 4.37 Å². The first-order valence-electron chi connectivity index (χ1n) is 3.27. The lowest BCUT2D eigenvalue weighted by atomic mass is 10.4. The number of carbonyl (C=O) groups excluding carboxylic acids is 1. The lowest BCUT2D eigenvalue weighted by Crippen LogP contribution is -2.11. The maximum absolute atomic E-state index is 11.1. The van der Waals surface area contributed by atoms with Gasteiger partial charge in [0.15, 0.2) is 5.69 Å². The minimum absolute atomic E-state index is 0.190. The summed E-state index contributed by atoms with van der Waals surface area (Å²) in [6.45, 7) is 0. The van der Waals surface area contributed by atoms with Gasteiger partial charge in [0.1, 0.15) is 4.88 Å². The molecule has 0 amide bonds. The summed E-state index contributed by atoms with van der Waals surface area (Å²) in [5.74, 6) is -1.30. The maximum atomic E-state index is 11.1. The molecule has 0 bridgehead atoms.